The van der Waals surface area contributed by atoms with Gasteiger partial charge in [-0.3, -0.25) is 0 Å². The zero-order valence-electron chi connectivity index (χ0n) is 10.5. The van der Waals surface area contributed by atoms with Gasteiger partial charge in [-0.2, -0.15) is 5.26 Å². The van der Waals surface area contributed by atoms with E-state index in [1.54, 1.807) is 0 Å². The van der Waals surface area contributed by atoms with E-state index in [9.17, 15) is 0 Å². The maximum atomic E-state index is 8.78. The van der Waals surface area contributed by atoms with Crippen molar-refractivity contribution in [1.82, 2.24) is 0 Å². The Kier molecular flexibility index (Phi) is 3.20. The van der Waals surface area contributed by atoms with Crippen molar-refractivity contribution in [1.29, 1.82) is 5.26 Å². The molecule has 18 heavy (non-hydrogen) atoms. The predicted molar refractivity (Wildman–Crippen MR) is 74.8 cm³/mol. The number of nitrogens with zero attached hydrogens (tertiary/aromatic N) is 2. The van der Waals surface area contributed by atoms with E-state index in [2.05, 4.69) is 17.9 Å². The molecule has 0 spiro atoms. The summed E-state index contributed by atoms with van der Waals surface area (Å²) >= 11 is 0. The van der Waals surface area contributed by atoms with E-state index in [1.165, 1.54) is 0 Å². The summed E-state index contributed by atoms with van der Waals surface area (Å²) in [6.07, 6.45) is 0. The topological polar surface area (TPSA) is 53.0 Å². The molecule has 0 bridgehead atoms. The number of rotatable bonds is 2. The summed E-state index contributed by atoms with van der Waals surface area (Å²) in [4.78, 5) is 2.06. The number of benzene rings is 2. The highest BCUT2D eigenvalue weighted by Gasteiger charge is 2.07. The van der Waals surface area contributed by atoms with Crippen LogP contribution >= 0.6 is 0 Å². The maximum Gasteiger partial charge on any atom is 0.0991 e. The minimum Gasteiger partial charge on any atom is -0.399 e. The van der Waals surface area contributed by atoms with Crippen LogP contribution in [0, 0.1) is 18.3 Å². The molecule has 0 aromatic heterocycles. The first-order valence-electron chi connectivity index (χ1n) is 5.72. The second kappa shape index (κ2) is 4.80. The monoisotopic (exact) mass is 237 g/mol. The Balaban J connectivity index is 2.38. The van der Waals surface area contributed by atoms with Crippen LogP contribution in [0.4, 0.5) is 17.1 Å². The Hall–Kier alpha value is -2.47. The Morgan fingerprint density at radius 3 is 2.39 bits per heavy atom. The van der Waals surface area contributed by atoms with Crippen LogP contribution in [0.25, 0.3) is 0 Å². The Labute approximate surface area is 107 Å². The standard InChI is InChI=1S/C15H15N3/c1-11-3-6-13(17)9-15(11)18(2)14-7-4-12(10-16)5-8-14/h3-9H,17H2,1-2H3. The molecule has 0 radical (unpaired) electrons. The van der Waals surface area contributed by atoms with Crippen LogP contribution in [-0.4, -0.2) is 7.05 Å². The fraction of sp³-hybridized carbons (Fsp3) is 0.133. The van der Waals surface area contributed by atoms with Crippen LogP contribution in [0.15, 0.2) is 42.5 Å². The van der Waals surface area contributed by atoms with Crippen molar-refractivity contribution >= 4 is 17.1 Å². The summed E-state index contributed by atoms with van der Waals surface area (Å²) in [7, 11) is 1.99. The Morgan fingerprint density at radius 1 is 1.11 bits per heavy atom. The maximum absolute atomic E-state index is 8.78. The lowest BCUT2D eigenvalue weighted by Crippen LogP contribution is -2.11. The van der Waals surface area contributed by atoms with Gasteiger partial charge in [-0.05, 0) is 48.9 Å². The van der Waals surface area contributed by atoms with E-state index in [-0.39, 0.29) is 0 Å². The normalized spacial score (nSPS) is 9.83. The van der Waals surface area contributed by atoms with Crippen LogP contribution in [0.2, 0.25) is 0 Å². The van der Waals surface area contributed by atoms with Gasteiger partial charge >= 0.3 is 0 Å². The predicted octanol–water partition coefficient (Wildman–Crippen LogP) is 3.22. The molecule has 2 N–H and O–H groups in total. The number of anilines is 3. The Morgan fingerprint density at radius 2 is 1.78 bits per heavy atom. The molecule has 0 fully saturated rings. The lowest BCUT2D eigenvalue weighted by Gasteiger charge is -2.22. The minimum absolute atomic E-state index is 0.663. The van der Waals surface area contributed by atoms with E-state index in [0.29, 0.717) is 5.56 Å². The van der Waals surface area contributed by atoms with Crippen LogP contribution in [-0.2, 0) is 0 Å². The second-order valence-electron chi connectivity index (χ2n) is 4.26. The first-order chi connectivity index (χ1) is 8.61. The first kappa shape index (κ1) is 12.0. The largest absolute Gasteiger partial charge is 0.399 e. The van der Waals surface area contributed by atoms with E-state index >= 15 is 0 Å². The molecule has 2 aromatic rings. The van der Waals surface area contributed by atoms with Gasteiger partial charge < -0.3 is 10.6 Å². The van der Waals surface area contributed by atoms with Gasteiger partial charge in [0.05, 0.1) is 11.6 Å². The van der Waals surface area contributed by atoms with Crippen molar-refractivity contribution in [3.05, 3.63) is 53.6 Å². The van der Waals surface area contributed by atoms with Gasteiger partial charge in [0.15, 0.2) is 0 Å². The van der Waals surface area contributed by atoms with Gasteiger partial charge in [0.2, 0.25) is 0 Å². The smallest absolute Gasteiger partial charge is 0.0991 e. The van der Waals surface area contributed by atoms with Crippen molar-refractivity contribution < 1.29 is 0 Å². The molecule has 0 atom stereocenters. The van der Waals surface area contributed by atoms with E-state index in [1.807, 2.05) is 49.5 Å². The van der Waals surface area contributed by atoms with Gasteiger partial charge in [-0.1, -0.05) is 6.07 Å². The third-order valence-corrected chi connectivity index (χ3v) is 2.98. The van der Waals surface area contributed by atoms with E-state index < -0.39 is 0 Å². The van der Waals surface area contributed by atoms with Gasteiger partial charge in [0, 0.05) is 24.1 Å². The average molecular weight is 237 g/mol. The van der Waals surface area contributed by atoms with Crippen LogP contribution in [0.1, 0.15) is 11.1 Å². The van der Waals surface area contributed by atoms with Crippen LogP contribution in [0.3, 0.4) is 0 Å². The second-order valence-corrected chi connectivity index (χ2v) is 4.26. The summed E-state index contributed by atoms with van der Waals surface area (Å²) in [5.41, 5.74) is 10.5. The molecule has 0 unspecified atom stereocenters. The summed E-state index contributed by atoms with van der Waals surface area (Å²) < 4.78 is 0. The lowest BCUT2D eigenvalue weighted by atomic mass is 10.1. The van der Waals surface area contributed by atoms with Gasteiger partial charge in [-0.25, -0.2) is 0 Å². The van der Waals surface area contributed by atoms with Crippen molar-refractivity contribution in [3.8, 4) is 6.07 Å². The molecule has 2 aromatic carbocycles. The highest BCUT2D eigenvalue weighted by atomic mass is 15.1. The summed E-state index contributed by atoms with van der Waals surface area (Å²) in [6, 6.07) is 15.5. The summed E-state index contributed by atoms with van der Waals surface area (Å²) in [6.45, 7) is 2.05. The van der Waals surface area contributed by atoms with Crippen LogP contribution < -0.4 is 10.6 Å². The summed E-state index contributed by atoms with van der Waals surface area (Å²) in [5.74, 6) is 0. The van der Waals surface area contributed by atoms with Crippen molar-refractivity contribution in [3.63, 3.8) is 0 Å². The van der Waals surface area contributed by atoms with Gasteiger partial charge in [-0.15, -0.1) is 0 Å². The first-order valence-corrected chi connectivity index (χ1v) is 5.72. The molecule has 0 aliphatic carbocycles. The molecular weight excluding hydrogens is 222 g/mol. The molecule has 3 heteroatoms. The molecule has 0 aliphatic heterocycles. The molecular formula is C15H15N3. The number of hydrogen-bond acceptors (Lipinski definition) is 3. The molecule has 0 heterocycles. The van der Waals surface area contributed by atoms with E-state index in [0.717, 1.165) is 22.6 Å². The fourth-order valence-corrected chi connectivity index (χ4v) is 1.89. The highest BCUT2D eigenvalue weighted by molar-refractivity contribution is 5.69. The summed E-state index contributed by atoms with van der Waals surface area (Å²) in [5, 5.41) is 8.78. The quantitative estimate of drug-likeness (QED) is 0.816. The van der Waals surface area contributed by atoms with Gasteiger partial charge in [0.25, 0.3) is 0 Å². The number of nitrogen functional groups attached to an aromatic ring is 1. The highest BCUT2D eigenvalue weighted by Crippen LogP contribution is 2.28. The number of aryl methyl sites for hydroxylation is 1. The molecule has 3 nitrogen and oxygen atoms in total. The number of nitrogens with two attached hydrogens (primary N) is 1. The van der Waals surface area contributed by atoms with Crippen molar-refractivity contribution in [2.24, 2.45) is 0 Å². The third-order valence-electron chi connectivity index (χ3n) is 2.98. The van der Waals surface area contributed by atoms with E-state index in [4.69, 9.17) is 11.0 Å². The lowest BCUT2D eigenvalue weighted by molar-refractivity contribution is 1.18. The fourth-order valence-electron chi connectivity index (χ4n) is 1.89. The molecule has 0 amide bonds. The molecule has 0 aliphatic rings. The molecule has 2 rings (SSSR count). The van der Waals surface area contributed by atoms with Gasteiger partial charge in [0.1, 0.15) is 0 Å². The Bertz CT molecular complexity index is 594. The SMILES string of the molecule is Cc1ccc(N)cc1N(C)c1ccc(C#N)cc1. The third kappa shape index (κ3) is 2.28. The molecule has 90 valence electrons. The zero-order chi connectivity index (χ0) is 13.1. The zero-order valence-corrected chi connectivity index (χ0v) is 10.5. The number of nitriles is 1. The molecule has 0 saturated heterocycles. The van der Waals surface area contributed by atoms with Crippen molar-refractivity contribution in [2.45, 2.75) is 6.92 Å². The van der Waals surface area contributed by atoms with Crippen LogP contribution in [0.5, 0.6) is 0 Å². The van der Waals surface area contributed by atoms with Crippen molar-refractivity contribution in [2.75, 3.05) is 17.7 Å². The number of hydrogen-bond donors (Lipinski definition) is 1. The average Bonchev–Trinajstić information content (AvgIpc) is 2.41. The molecule has 0 saturated carbocycles. The minimum atomic E-state index is 0.663.